The molecule has 1 amide bonds. The van der Waals surface area contributed by atoms with Gasteiger partial charge in [-0.25, -0.2) is 9.48 Å². The summed E-state index contributed by atoms with van der Waals surface area (Å²) in [5.74, 6) is 0. The van der Waals surface area contributed by atoms with Crippen molar-refractivity contribution in [2.75, 3.05) is 31.1 Å². The Labute approximate surface area is 288 Å². The van der Waals surface area contributed by atoms with Crippen LogP contribution in [0.5, 0.6) is 0 Å². The number of carbonyl (C=O) groups is 1. The van der Waals surface area contributed by atoms with Gasteiger partial charge in [0.25, 0.3) is 0 Å². The minimum atomic E-state index is -0.813. The van der Waals surface area contributed by atoms with Gasteiger partial charge in [-0.3, -0.25) is 4.90 Å². The Hall–Kier alpha value is -3.92. The van der Waals surface area contributed by atoms with Gasteiger partial charge in [-0.05, 0) is 81.2 Å². The first-order valence-corrected chi connectivity index (χ1v) is 17.6. The fourth-order valence-electron chi connectivity index (χ4n) is 7.15. The quantitative estimate of drug-likeness (QED) is 0.174. The first-order chi connectivity index (χ1) is 23.3. The number of halogens is 1. The third-order valence-electron chi connectivity index (χ3n) is 9.70. The number of nitrogens with one attached hydrogen (secondary N) is 1. The average Bonchev–Trinajstić information content (AvgIpc) is 3.76. The van der Waals surface area contributed by atoms with Crippen molar-refractivity contribution in [3.8, 4) is 0 Å². The van der Waals surface area contributed by atoms with Crippen molar-refractivity contribution < 1.29 is 14.6 Å². The molecule has 48 heavy (non-hydrogen) atoms. The molecule has 10 heteroatoms. The van der Waals surface area contributed by atoms with Gasteiger partial charge < -0.3 is 20.1 Å². The van der Waals surface area contributed by atoms with Crippen LogP contribution in [0, 0.1) is 6.92 Å². The number of nitrogens with zero attached hydrogens (tertiary/aromatic N) is 5. The predicted molar refractivity (Wildman–Crippen MR) is 189 cm³/mol. The predicted octanol–water partition coefficient (Wildman–Crippen LogP) is 6.68. The van der Waals surface area contributed by atoms with Crippen molar-refractivity contribution in [1.82, 2.24) is 25.2 Å². The largest absolute Gasteiger partial charge is 0.446 e. The number of hydrogen-bond acceptors (Lipinski definition) is 7. The maximum atomic E-state index is 13.4. The molecule has 2 fully saturated rings. The number of aryl methyl sites for hydroxylation is 1. The average molecular weight is 671 g/mol. The molecule has 1 aliphatic heterocycles. The summed E-state index contributed by atoms with van der Waals surface area (Å²) in [5.41, 5.74) is 6.00. The number of benzene rings is 3. The maximum absolute atomic E-state index is 13.4. The summed E-state index contributed by atoms with van der Waals surface area (Å²) in [7, 11) is 0. The molecule has 4 aromatic rings. The molecule has 2 aliphatic rings. The van der Waals surface area contributed by atoms with Gasteiger partial charge in [-0.2, -0.15) is 0 Å². The van der Waals surface area contributed by atoms with Gasteiger partial charge in [0.1, 0.15) is 11.8 Å². The van der Waals surface area contributed by atoms with Crippen LogP contribution < -0.4 is 10.2 Å². The van der Waals surface area contributed by atoms with Gasteiger partial charge in [0.05, 0.1) is 23.9 Å². The second-order valence-electron chi connectivity index (χ2n) is 13.2. The summed E-state index contributed by atoms with van der Waals surface area (Å²) >= 11 is 6.32. The third-order valence-corrected chi connectivity index (χ3v) is 9.94. The van der Waals surface area contributed by atoms with Crippen molar-refractivity contribution in [1.29, 1.82) is 0 Å². The zero-order valence-electron chi connectivity index (χ0n) is 28.0. The molecule has 3 atom stereocenters. The van der Waals surface area contributed by atoms with E-state index in [0.29, 0.717) is 25.1 Å². The second kappa shape index (κ2) is 16.0. The molecule has 1 saturated carbocycles. The van der Waals surface area contributed by atoms with Crippen molar-refractivity contribution >= 4 is 23.4 Å². The minimum Gasteiger partial charge on any atom is -0.446 e. The Morgan fingerprint density at radius 3 is 2.25 bits per heavy atom. The molecule has 9 nitrogen and oxygen atoms in total. The van der Waals surface area contributed by atoms with Crippen molar-refractivity contribution in [2.45, 2.75) is 83.2 Å². The summed E-state index contributed by atoms with van der Waals surface area (Å²) in [6.07, 6.45) is 3.84. The smallest absolute Gasteiger partial charge is 0.407 e. The van der Waals surface area contributed by atoms with Crippen LogP contribution in [0.4, 0.5) is 10.5 Å². The highest BCUT2D eigenvalue weighted by Gasteiger charge is 2.33. The summed E-state index contributed by atoms with van der Waals surface area (Å²) < 4.78 is 7.75. The lowest BCUT2D eigenvalue weighted by atomic mass is 9.93. The van der Waals surface area contributed by atoms with Crippen LogP contribution in [0.25, 0.3) is 0 Å². The molecule has 2 heterocycles. The van der Waals surface area contributed by atoms with E-state index in [1.807, 2.05) is 53.2 Å². The molecule has 6 rings (SSSR count). The monoisotopic (exact) mass is 670 g/mol. The first-order valence-electron chi connectivity index (χ1n) is 17.2. The molecule has 1 saturated heterocycles. The number of piperazine rings is 1. The van der Waals surface area contributed by atoms with E-state index in [0.717, 1.165) is 73.7 Å². The van der Waals surface area contributed by atoms with Crippen molar-refractivity contribution in [3.05, 3.63) is 112 Å². The molecule has 254 valence electrons. The van der Waals surface area contributed by atoms with Crippen LogP contribution in [0.1, 0.15) is 72.8 Å². The number of alkyl carbamates (subject to hydrolysis) is 1. The zero-order valence-corrected chi connectivity index (χ0v) is 28.7. The summed E-state index contributed by atoms with van der Waals surface area (Å²) in [6, 6.07) is 25.7. The van der Waals surface area contributed by atoms with Gasteiger partial charge in [-0.15, -0.1) is 5.10 Å². The maximum Gasteiger partial charge on any atom is 0.407 e. The van der Waals surface area contributed by atoms with Crippen LogP contribution >= 0.6 is 11.6 Å². The highest BCUT2D eigenvalue weighted by atomic mass is 35.5. The molecular weight excluding hydrogens is 624 g/mol. The molecule has 0 unspecified atom stereocenters. The lowest BCUT2D eigenvalue weighted by Crippen LogP contribution is -2.46. The summed E-state index contributed by atoms with van der Waals surface area (Å²) in [6.45, 7) is 7.87. The van der Waals surface area contributed by atoms with Gasteiger partial charge >= 0.3 is 6.09 Å². The summed E-state index contributed by atoms with van der Waals surface area (Å²) in [4.78, 5) is 18.1. The first kappa shape index (κ1) is 34.0. The number of hydrogen-bond donors (Lipinski definition) is 2. The lowest BCUT2D eigenvalue weighted by molar-refractivity contribution is 0.0940. The molecule has 2 N–H and O–H groups in total. The summed E-state index contributed by atoms with van der Waals surface area (Å²) in [5, 5.41) is 24.6. The highest BCUT2D eigenvalue weighted by molar-refractivity contribution is 6.30. The van der Waals surface area contributed by atoms with Gasteiger partial charge in [-0.1, -0.05) is 83.5 Å². The standard InChI is InChI=1S/C38H47ClN6O3/c1-27-17-18-31(39)25-35(27)44-21-19-43(20-22-44)26-34-37(28(2)46)45(42-41-34)36(24-30-13-7-4-8-14-30)33(23-29-11-5-3-6-12-29)40-38(47)48-32-15-9-10-16-32/h3-8,11-14,17-18,25,28,32-33,36,46H,9-10,15-16,19-24,26H2,1-2H3,(H,40,47)/t28-,33+,36+/m1/s1. The van der Waals surface area contributed by atoms with E-state index < -0.39 is 12.2 Å². The Kier molecular flexibility index (Phi) is 11.3. The molecule has 1 aromatic heterocycles. The number of anilines is 1. The number of aliphatic hydroxyl groups excluding tert-OH is 1. The van der Waals surface area contributed by atoms with E-state index in [1.54, 1.807) is 6.92 Å². The Balaban J connectivity index is 1.27. The van der Waals surface area contributed by atoms with Crippen molar-refractivity contribution in [3.63, 3.8) is 0 Å². The van der Waals surface area contributed by atoms with Gasteiger partial charge in [0.2, 0.25) is 0 Å². The number of amides is 1. The SMILES string of the molecule is Cc1ccc(Cl)cc1N1CCN(Cc2nnn([C@@H](Cc3ccccc3)[C@H](Cc3ccccc3)NC(=O)OC3CCCC3)c2[C@@H](C)O)CC1. The molecular formula is C38H47ClN6O3. The van der Waals surface area contributed by atoms with E-state index in [2.05, 4.69) is 57.5 Å². The Morgan fingerprint density at radius 2 is 1.60 bits per heavy atom. The second-order valence-corrected chi connectivity index (χ2v) is 13.7. The van der Waals surface area contributed by atoms with Crippen LogP contribution in [0.3, 0.4) is 0 Å². The van der Waals surface area contributed by atoms with Crippen LogP contribution in [-0.4, -0.2) is 69.4 Å². The molecule has 0 radical (unpaired) electrons. The number of aliphatic hydroxyl groups is 1. The lowest BCUT2D eigenvalue weighted by Gasteiger charge is -2.36. The number of aromatic nitrogens is 3. The molecule has 3 aromatic carbocycles. The fourth-order valence-corrected chi connectivity index (χ4v) is 7.32. The van der Waals surface area contributed by atoms with E-state index in [4.69, 9.17) is 21.6 Å². The van der Waals surface area contributed by atoms with E-state index >= 15 is 0 Å². The topological polar surface area (TPSA) is 95.8 Å². The normalized spacial score (nSPS) is 17.6. The van der Waals surface area contributed by atoms with Crippen molar-refractivity contribution in [2.24, 2.45) is 0 Å². The Morgan fingerprint density at radius 1 is 0.958 bits per heavy atom. The minimum absolute atomic E-state index is 0.0517. The zero-order chi connectivity index (χ0) is 33.5. The third kappa shape index (κ3) is 8.56. The number of rotatable bonds is 12. The van der Waals surface area contributed by atoms with E-state index in [1.165, 1.54) is 11.3 Å². The van der Waals surface area contributed by atoms with Crippen LogP contribution in [0.15, 0.2) is 78.9 Å². The van der Waals surface area contributed by atoms with Crippen LogP contribution in [0.2, 0.25) is 5.02 Å². The highest BCUT2D eigenvalue weighted by Crippen LogP contribution is 2.30. The Bertz CT molecular complexity index is 1620. The van der Waals surface area contributed by atoms with E-state index in [9.17, 15) is 9.90 Å². The van der Waals surface area contributed by atoms with Gasteiger partial charge in [0, 0.05) is 43.4 Å². The number of ether oxygens (including phenoxy) is 1. The molecule has 1 aliphatic carbocycles. The van der Waals surface area contributed by atoms with E-state index in [-0.39, 0.29) is 18.2 Å². The fraction of sp³-hybridized carbons (Fsp3) is 0.447. The number of carbonyl (C=O) groups excluding carboxylic acids is 1. The molecule has 0 spiro atoms. The van der Waals surface area contributed by atoms with Gasteiger partial charge in [0.15, 0.2) is 0 Å². The molecule has 0 bridgehead atoms. The van der Waals surface area contributed by atoms with Crippen LogP contribution in [-0.2, 0) is 24.1 Å².